The van der Waals surface area contributed by atoms with E-state index >= 15 is 0 Å². The summed E-state index contributed by atoms with van der Waals surface area (Å²) in [5.41, 5.74) is 0. The molecule has 0 amide bonds. The molecule has 0 unspecified atom stereocenters. The molecule has 1 rings (SSSR count). The standard InChI is InChI=1S/C4H3F2N3O/c5-3(6)10-4-8-1-7-2-9-4/h1-3H. The molecule has 1 aromatic rings. The minimum Gasteiger partial charge on any atom is -0.401 e. The SMILES string of the molecule is FC(F)Oc1ncncn1. The smallest absolute Gasteiger partial charge is 0.389 e. The fourth-order valence-electron chi connectivity index (χ4n) is 0.369. The first-order chi connectivity index (χ1) is 4.79. The first kappa shape index (κ1) is 6.79. The highest BCUT2D eigenvalue weighted by atomic mass is 19.3. The Bertz CT molecular complexity index is 193. The van der Waals surface area contributed by atoms with Gasteiger partial charge in [0.25, 0.3) is 0 Å². The maximum absolute atomic E-state index is 11.4. The normalized spacial score (nSPS) is 9.90. The van der Waals surface area contributed by atoms with Crippen LogP contribution >= 0.6 is 0 Å². The predicted octanol–water partition coefficient (Wildman–Crippen LogP) is 0.473. The van der Waals surface area contributed by atoms with E-state index in [-0.39, 0.29) is 6.01 Å². The molecule has 0 atom stereocenters. The van der Waals surface area contributed by atoms with Gasteiger partial charge in [-0.05, 0) is 0 Å². The number of nitrogens with zero attached hydrogens (tertiary/aromatic N) is 3. The van der Waals surface area contributed by atoms with E-state index in [1.807, 2.05) is 0 Å². The van der Waals surface area contributed by atoms with Crippen molar-refractivity contribution in [3.8, 4) is 6.01 Å². The zero-order chi connectivity index (χ0) is 7.40. The van der Waals surface area contributed by atoms with E-state index in [4.69, 9.17) is 0 Å². The van der Waals surface area contributed by atoms with Crippen molar-refractivity contribution in [2.24, 2.45) is 0 Å². The second kappa shape index (κ2) is 3.00. The third-order valence-corrected chi connectivity index (χ3v) is 0.664. The molecule has 1 heterocycles. The van der Waals surface area contributed by atoms with Gasteiger partial charge in [0.05, 0.1) is 0 Å². The summed E-state index contributed by atoms with van der Waals surface area (Å²) in [6.45, 7) is -2.89. The Hall–Kier alpha value is -1.33. The monoisotopic (exact) mass is 147 g/mol. The summed E-state index contributed by atoms with van der Waals surface area (Å²) in [6.07, 6.45) is 2.15. The van der Waals surface area contributed by atoms with Gasteiger partial charge in [-0.2, -0.15) is 18.7 Å². The first-order valence-corrected chi connectivity index (χ1v) is 2.36. The third kappa shape index (κ3) is 1.88. The number of hydrogen-bond acceptors (Lipinski definition) is 4. The van der Waals surface area contributed by atoms with Crippen molar-refractivity contribution in [1.82, 2.24) is 15.0 Å². The van der Waals surface area contributed by atoms with Gasteiger partial charge in [0, 0.05) is 0 Å². The first-order valence-electron chi connectivity index (χ1n) is 2.36. The Morgan fingerprint density at radius 1 is 1.30 bits per heavy atom. The lowest BCUT2D eigenvalue weighted by atomic mass is 11.0. The second-order valence-electron chi connectivity index (χ2n) is 1.30. The van der Waals surface area contributed by atoms with E-state index in [1.165, 1.54) is 0 Å². The zero-order valence-corrected chi connectivity index (χ0v) is 4.74. The van der Waals surface area contributed by atoms with Gasteiger partial charge in [-0.15, -0.1) is 0 Å². The summed E-state index contributed by atoms with van der Waals surface area (Å²) in [5, 5.41) is 0. The lowest BCUT2D eigenvalue weighted by Crippen LogP contribution is -2.04. The van der Waals surface area contributed by atoms with E-state index in [9.17, 15) is 8.78 Å². The van der Waals surface area contributed by atoms with Gasteiger partial charge in [-0.3, -0.25) is 0 Å². The molecule has 0 fully saturated rings. The molecule has 0 aliphatic heterocycles. The lowest BCUT2D eigenvalue weighted by molar-refractivity contribution is -0.0562. The van der Waals surface area contributed by atoms with Crippen LogP contribution in [0.15, 0.2) is 12.7 Å². The average Bonchev–Trinajstić information content (AvgIpc) is 1.88. The van der Waals surface area contributed by atoms with Crippen LogP contribution in [0.5, 0.6) is 6.01 Å². The van der Waals surface area contributed by atoms with Crippen LogP contribution in [0.2, 0.25) is 0 Å². The van der Waals surface area contributed by atoms with Crippen molar-refractivity contribution in [3.05, 3.63) is 12.7 Å². The molecule has 0 bridgehead atoms. The molecule has 10 heavy (non-hydrogen) atoms. The topological polar surface area (TPSA) is 47.9 Å². The number of ether oxygens (including phenoxy) is 1. The third-order valence-electron chi connectivity index (χ3n) is 0.664. The maximum Gasteiger partial charge on any atom is 0.389 e. The Labute approximate surface area is 54.9 Å². The summed E-state index contributed by atoms with van der Waals surface area (Å²) in [5.74, 6) is 0. The van der Waals surface area contributed by atoms with E-state index in [2.05, 4.69) is 19.7 Å². The molecular formula is C4H3F2N3O. The van der Waals surface area contributed by atoms with E-state index in [0.717, 1.165) is 12.7 Å². The van der Waals surface area contributed by atoms with Crippen molar-refractivity contribution in [3.63, 3.8) is 0 Å². The van der Waals surface area contributed by atoms with Crippen LogP contribution in [0.25, 0.3) is 0 Å². The lowest BCUT2D eigenvalue weighted by Gasteiger charge is -1.98. The molecule has 0 saturated carbocycles. The summed E-state index contributed by atoms with van der Waals surface area (Å²) in [4.78, 5) is 9.99. The van der Waals surface area contributed by atoms with Crippen molar-refractivity contribution in [2.45, 2.75) is 6.61 Å². The summed E-state index contributed by atoms with van der Waals surface area (Å²) in [7, 11) is 0. The van der Waals surface area contributed by atoms with Gasteiger partial charge in [-0.25, -0.2) is 4.98 Å². The van der Waals surface area contributed by atoms with Crippen LogP contribution in [-0.4, -0.2) is 21.6 Å². The minimum absolute atomic E-state index is 0.370. The summed E-state index contributed by atoms with van der Waals surface area (Å²) in [6, 6.07) is -0.370. The highest BCUT2D eigenvalue weighted by molar-refractivity contribution is 4.86. The zero-order valence-electron chi connectivity index (χ0n) is 4.74. The number of aromatic nitrogens is 3. The number of halogens is 2. The van der Waals surface area contributed by atoms with Gasteiger partial charge >= 0.3 is 12.6 Å². The fourth-order valence-corrected chi connectivity index (χ4v) is 0.369. The molecule has 0 N–H and O–H groups in total. The maximum atomic E-state index is 11.4. The Morgan fingerprint density at radius 3 is 2.40 bits per heavy atom. The highest BCUT2D eigenvalue weighted by Gasteiger charge is 2.04. The summed E-state index contributed by atoms with van der Waals surface area (Å²) < 4.78 is 26.6. The quantitative estimate of drug-likeness (QED) is 0.610. The van der Waals surface area contributed by atoms with Gasteiger partial charge in [0.2, 0.25) is 0 Å². The average molecular weight is 147 g/mol. The van der Waals surface area contributed by atoms with Gasteiger partial charge in [0.1, 0.15) is 12.7 Å². The molecule has 0 saturated heterocycles. The van der Waals surface area contributed by atoms with Crippen LogP contribution in [-0.2, 0) is 0 Å². The molecule has 0 radical (unpaired) electrons. The van der Waals surface area contributed by atoms with E-state index in [1.54, 1.807) is 0 Å². The molecular weight excluding hydrogens is 144 g/mol. The summed E-state index contributed by atoms with van der Waals surface area (Å²) >= 11 is 0. The molecule has 0 aliphatic rings. The Balaban J connectivity index is 2.59. The molecule has 0 aromatic carbocycles. The van der Waals surface area contributed by atoms with Crippen LogP contribution in [0.4, 0.5) is 8.78 Å². The number of rotatable bonds is 2. The predicted molar refractivity (Wildman–Crippen MR) is 26.5 cm³/mol. The van der Waals surface area contributed by atoms with Gasteiger partial charge < -0.3 is 4.74 Å². The largest absolute Gasteiger partial charge is 0.401 e. The Kier molecular flexibility index (Phi) is 2.03. The Morgan fingerprint density at radius 2 is 1.90 bits per heavy atom. The van der Waals surface area contributed by atoms with Crippen LogP contribution in [0, 0.1) is 0 Å². The number of alkyl halides is 2. The van der Waals surface area contributed by atoms with Crippen molar-refractivity contribution >= 4 is 0 Å². The minimum atomic E-state index is -2.89. The molecule has 0 spiro atoms. The van der Waals surface area contributed by atoms with Crippen LogP contribution in [0.1, 0.15) is 0 Å². The van der Waals surface area contributed by atoms with Crippen molar-refractivity contribution in [2.75, 3.05) is 0 Å². The van der Waals surface area contributed by atoms with Crippen LogP contribution < -0.4 is 4.74 Å². The van der Waals surface area contributed by atoms with Crippen molar-refractivity contribution in [1.29, 1.82) is 0 Å². The number of hydrogen-bond donors (Lipinski definition) is 0. The van der Waals surface area contributed by atoms with E-state index in [0.29, 0.717) is 0 Å². The molecule has 6 heteroatoms. The molecule has 0 aliphatic carbocycles. The van der Waals surface area contributed by atoms with E-state index < -0.39 is 6.61 Å². The second-order valence-corrected chi connectivity index (χ2v) is 1.30. The highest BCUT2D eigenvalue weighted by Crippen LogP contribution is 2.01. The van der Waals surface area contributed by atoms with Crippen molar-refractivity contribution < 1.29 is 13.5 Å². The molecule has 1 aromatic heterocycles. The fraction of sp³-hybridized carbons (Fsp3) is 0.250. The molecule has 54 valence electrons. The molecule has 4 nitrogen and oxygen atoms in total. The van der Waals surface area contributed by atoms with Gasteiger partial charge in [0.15, 0.2) is 0 Å². The van der Waals surface area contributed by atoms with Gasteiger partial charge in [-0.1, -0.05) is 0 Å². The van der Waals surface area contributed by atoms with Crippen LogP contribution in [0.3, 0.4) is 0 Å².